The van der Waals surface area contributed by atoms with Crippen molar-refractivity contribution in [2.24, 2.45) is 0 Å². The molecule has 0 fully saturated rings. The molecule has 0 spiro atoms. The Balaban J connectivity index is 2.47. The number of aromatic nitrogens is 2. The van der Waals surface area contributed by atoms with Crippen LogP contribution in [0.1, 0.15) is 45.9 Å². The van der Waals surface area contributed by atoms with Crippen LogP contribution in [0.15, 0.2) is 12.3 Å². The van der Waals surface area contributed by atoms with Crippen LogP contribution in [0.25, 0.3) is 0 Å². The Morgan fingerprint density at radius 1 is 1.47 bits per heavy atom. The molecule has 1 rings (SSSR count). The molecule has 0 aliphatic heterocycles. The normalized spacial score (nSPS) is 13.9. The van der Waals surface area contributed by atoms with Crippen LogP contribution in [0.4, 0.5) is 0 Å². The van der Waals surface area contributed by atoms with Gasteiger partial charge in [0, 0.05) is 32.0 Å². The lowest BCUT2D eigenvalue weighted by Crippen LogP contribution is -2.35. The van der Waals surface area contributed by atoms with E-state index in [9.17, 15) is 0 Å². The van der Waals surface area contributed by atoms with Gasteiger partial charge in [-0.25, -0.2) is 0 Å². The highest BCUT2D eigenvalue weighted by Crippen LogP contribution is 2.10. The largest absolute Gasteiger partial charge is 0.385 e. The minimum absolute atomic E-state index is 0.130. The lowest BCUT2D eigenvalue weighted by molar-refractivity contribution is 0.178. The van der Waals surface area contributed by atoms with E-state index in [0.29, 0.717) is 6.04 Å². The monoisotopic (exact) mass is 239 g/mol. The summed E-state index contributed by atoms with van der Waals surface area (Å²) in [5.41, 5.74) is 1.22. The van der Waals surface area contributed by atoms with Gasteiger partial charge in [-0.05, 0) is 40.2 Å². The number of hydrogen-bond donors (Lipinski definition) is 1. The highest BCUT2D eigenvalue weighted by molar-refractivity contribution is 5.00. The molecule has 1 unspecified atom stereocenters. The predicted molar refractivity (Wildman–Crippen MR) is 70.0 cm³/mol. The van der Waals surface area contributed by atoms with Crippen LogP contribution in [0, 0.1) is 0 Å². The second kappa shape index (κ2) is 6.17. The number of nitrogens with one attached hydrogen (secondary N) is 1. The zero-order valence-electron chi connectivity index (χ0n) is 11.7. The van der Waals surface area contributed by atoms with Crippen molar-refractivity contribution in [2.75, 3.05) is 13.7 Å². The number of methoxy groups -OCH3 is 1. The van der Waals surface area contributed by atoms with E-state index in [1.165, 1.54) is 0 Å². The summed E-state index contributed by atoms with van der Waals surface area (Å²) >= 11 is 0. The fourth-order valence-electron chi connectivity index (χ4n) is 1.49. The van der Waals surface area contributed by atoms with Crippen LogP contribution in [-0.4, -0.2) is 29.0 Å². The average molecular weight is 239 g/mol. The van der Waals surface area contributed by atoms with Gasteiger partial charge in [-0.2, -0.15) is 5.10 Å². The Bertz CT molecular complexity index is 328. The van der Waals surface area contributed by atoms with Gasteiger partial charge in [0.25, 0.3) is 0 Å². The van der Waals surface area contributed by atoms with E-state index in [-0.39, 0.29) is 5.54 Å². The van der Waals surface area contributed by atoms with Gasteiger partial charge in [-0.1, -0.05) is 0 Å². The molecule has 0 bridgehead atoms. The first-order chi connectivity index (χ1) is 7.92. The van der Waals surface area contributed by atoms with E-state index in [2.05, 4.69) is 44.2 Å². The summed E-state index contributed by atoms with van der Waals surface area (Å²) in [7, 11) is 1.73. The Hall–Kier alpha value is -0.870. The fraction of sp³-hybridized carbons (Fsp3) is 0.769. The van der Waals surface area contributed by atoms with Gasteiger partial charge < -0.3 is 10.1 Å². The Labute approximate surface area is 104 Å². The zero-order chi connectivity index (χ0) is 12.9. The van der Waals surface area contributed by atoms with Gasteiger partial charge in [0.05, 0.1) is 11.7 Å². The molecule has 0 aliphatic rings. The number of ether oxygens (including phenoxy) is 1. The van der Waals surface area contributed by atoms with Crippen LogP contribution in [0.3, 0.4) is 0 Å². The van der Waals surface area contributed by atoms with Crippen molar-refractivity contribution in [2.45, 2.75) is 52.2 Å². The van der Waals surface area contributed by atoms with E-state index < -0.39 is 0 Å². The van der Waals surface area contributed by atoms with Crippen molar-refractivity contribution in [1.82, 2.24) is 15.1 Å². The first kappa shape index (κ1) is 14.2. The maximum Gasteiger partial charge on any atom is 0.0762 e. The minimum atomic E-state index is 0.130. The van der Waals surface area contributed by atoms with Crippen molar-refractivity contribution < 1.29 is 4.74 Å². The molecule has 17 heavy (non-hydrogen) atoms. The van der Waals surface area contributed by atoms with Crippen molar-refractivity contribution in [3.63, 3.8) is 0 Å². The maximum absolute atomic E-state index is 5.08. The molecule has 1 aromatic rings. The summed E-state index contributed by atoms with van der Waals surface area (Å²) in [5.74, 6) is 0. The molecule has 4 heteroatoms. The van der Waals surface area contributed by atoms with Crippen molar-refractivity contribution in [1.29, 1.82) is 0 Å². The summed E-state index contributed by atoms with van der Waals surface area (Å²) in [6.45, 7) is 10.2. The summed E-state index contributed by atoms with van der Waals surface area (Å²) in [4.78, 5) is 0. The molecular formula is C13H25N3O. The molecule has 1 N–H and O–H groups in total. The first-order valence-electron chi connectivity index (χ1n) is 6.20. The zero-order valence-corrected chi connectivity index (χ0v) is 11.7. The number of rotatable bonds is 6. The SMILES string of the molecule is COCCC(C)n1ccc(CNC(C)(C)C)n1. The van der Waals surface area contributed by atoms with Crippen LogP contribution in [0.5, 0.6) is 0 Å². The molecule has 1 aromatic heterocycles. The van der Waals surface area contributed by atoms with E-state index in [4.69, 9.17) is 4.74 Å². The molecule has 0 saturated heterocycles. The smallest absolute Gasteiger partial charge is 0.0762 e. The second-order valence-electron chi connectivity index (χ2n) is 5.52. The Morgan fingerprint density at radius 2 is 2.18 bits per heavy atom. The van der Waals surface area contributed by atoms with Gasteiger partial charge in [0.2, 0.25) is 0 Å². The summed E-state index contributed by atoms with van der Waals surface area (Å²) in [6.07, 6.45) is 3.03. The van der Waals surface area contributed by atoms with Crippen LogP contribution < -0.4 is 5.32 Å². The Kier molecular flexibility index (Phi) is 5.15. The molecule has 0 saturated carbocycles. The van der Waals surface area contributed by atoms with Gasteiger partial charge in [0.1, 0.15) is 0 Å². The lowest BCUT2D eigenvalue weighted by Gasteiger charge is -2.19. The standard InChI is InChI=1S/C13H25N3O/c1-11(7-9-17-5)16-8-6-12(15-16)10-14-13(2,3)4/h6,8,11,14H,7,9-10H2,1-5H3. The first-order valence-corrected chi connectivity index (χ1v) is 6.20. The molecule has 98 valence electrons. The lowest BCUT2D eigenvalue weighted by atomic mass is 10.1. The minimum Gasteiger partial charge on any atom is -0.385 e. The number of nitrogens with zero attached hydrogens (tertiary/aromatic N) is 2. The topological polar surface area (TPSA) is 39.1 Å². The van der Waals surface area contributed by atoms with E-state index in [1.54, 1.807) is 7.11 Å². The summed E-state index contributed by atoms with van der Waals surface area (Å²) in [5, 5.41) is 8.00. The third-order valence-electron chi connectivity index (χ3n) is 2.65. The maximum atomic E-state index is 5.08. The van der Waals surface area contributed by atoms with Crippen LogP contribution in [-0.2, 0) is 11.3 Å². The summed E-state index contributed by atoms with van der Waals surface area (Å²) < 4.78 is 7.09. The molecule has 1 atom stereocenters. The second-order valence-corrected chi connectivity index (χ2v) is 5.52. The Morgan fingerprint density at radius 3 is 2.76 bits per heavy atom. The molecular weight excluding hydrogens is 214 g/mol. The van der Waals surface area contributed by atoms with Crippen molar-refractivity contribution >= 4 is 0 Å². The van der Waals surface area contributed by atoms with E-state index >= 15 is 0 Å². The molecule has 4 nitrogen and oxygen atoms in total. The third kappa shape index (κ3) is 5.33. The molecule has 0 radical (unpaired) electrons. The highest BCUT2D eigenvalue weighted by Gasteiger charge is 2.11. The van der Waals surface area contributed by atoms with E-state index in [1.807, 2.05) is 10.9 Å². The van der Waals surface area contributed by atoms with Gasteiger partial charge in [-0.15, -0.1) is 0 Å². The predicted octanol–water partition coefficient (Wildman–Crippen LogP) is 2.37. The van der Waals surface area contributed by atoms with Crippen molar-refractivity contribution in [3.05, 3.63) is 18.0 Å². The summed E-state index contributed by atoms with van der Waals surface area (Å²) in [6, 6.07) is 2.46. The molecule has 0 aromatic carbocycles. The quantitative estimate of drug-likeness (QED) is 0.828. The van der Waals surface area contributed by atoms with Gasteiger partial charge in [0.15, 0.2) is 0 Å². The highest BCUT2D eigenvalue weighted by atomic mass is 16.5. The van der Waals surface area contributed by atoms with Gasteiger partial charge >= 0.3 is 0 Å². The average Bonchev–Trinajstić information content (AvgIpc) is 2.70. The van der Waals surface area contributed by atoms with E-state index in [0.717, 1.165) is 25.3 Å². The third-order valence-corrected chi connectivity index (χ3v) is 2.65. The number of hydrogen-bond acceptors (Lipinski definition) is 3. The molecule has 0 amide bonds. The van der Waals surface area contributed by atoms with Crippen LogP contribution in [0.2, 0.25) is 0 Å². The van der Waals surface area contributed by atoms with Gasteiger partial charge in [-0.3, -0.25) is 4.68 Å². The molecule has 0 aliphatic carbocycles. The molecule has 1 heterocycles. The fourth-order valence-corrected chi connectivity index (χ4v) is 1.49. The van der Waals surface area contributed by atoms with Crippen molar-refractivity contribution in [3.8, 4) is 0 Å². The van der Waals surface area contributed by atoms with Crippen LogP contribution >= 0.6 is 0 Å².